The van der Waals surface area contributed by atoms with E-state index in [2.05, 4.69) is 13.8 Å². The molecule has 0 aliphatic heterocycles. The van der Waals surface area contributed by atoms with E-state index in [1.165, 1.54) is 38.5 Å². The Balaban J connectivity index is 2.57. The van der Waals surface area contributed by atoms with Gasteiger partial charge in [0.25, 0.3) is 0 Å². The van der Waals surface area contributed by atoms with E-state index in [1.807, 2.05) is 32.9 Å². The van der Waals surface area contributed by atoms with Crippen molar-refractivity contribution in [3.05, 3.63) is 34.4 Å². The zero-order chi connectivity index (χ0) is 21.6. The molecule has 0 fully saturated rings. The topological polar surface area (TPSA) is 43.4 Å². The molecular formula is C26H42O3. The first-order chi connectivity index (χ1) is 13.9. The van der Waals surface area contributed by atoms with Crippen LogP contribution in [0.25, 0.3) is 0 Å². The van der Waals surface area contributed by atoms with E-state index in [9.17, 15) is 9.59 Å². The van der Waals surface area contributed by atoms with Gasteiger partial charge in [0.2, 0.25) is 0 Å². The molecule has 1 aromatic carbocycles. The largest absolute Gasteiger partial charge is 0.465 e. The number of hydrogen-bond acceptors (Lipinski definition) is 3. The first-order valence-corrected chi connectivity index (χ1v) is 11.7. The standard InChI is InChI=1S/C26H42O3/c1-6-8-10-11-12-13-14-15-17-29-26(28)23(16-9-7-2)25(27)24-21(4)18-20(3)19-22(24)5/h18-19,23H,6-17H2,1-5H3. The van der Waals surface area contributed by atoms with Crippen LogP contribution in [0.3, 0.4) is 0 Å². The summed E-state index contributed by atoms with van der Waals surface area (Å²) in [6, 6.07) is 4.03. The van der Waals surface area contributed by atoms with Gasteiger partial charge in [0.05, 0.1) is 6.61 Å². The van der Waals surface area contributed by atoms with Crippen LogP contribution in [0, 0.1) is 26.7 Å². The van der Waals surface area contributed by atoms with Gasteiger partial charge in [-0.2, -0.15) is 0 Å². The fourth-order valence-electron chi connectivity index (χ4n) is 4.02. The van der Waals surface area contributed by atoms with E-state index >= 15 is 0 Å². The maximum atomic E-state index is 13.2. The normalized spacial score (nSPS) is 12.0. The highest BCUT2D eigenvalue weighted by Gasteiger charge is 2.30. The zero-order valence-corrected chi connectivity index (χ0v) is 19.4. The van der Waals surface area contributed by atoms with E-state index in [4.69, 9.17) is 4.74 Å². The smallest absolute Gasteiger partial charge is 0.316 e. The van der Waals surface area contributed by atoms with Gasteiger partial charge in [0.15, 0.2) is 5.78 Å². The molecule has 0 saturated carbocycles. The van der Waals surface area contributed by atoms with E-state index in [0.717, 1.165) is 42.4 Å². The van der Waals surface area contributed by atoms with Crippen molar-refractivity contribution in [3.8, 4) is 0 Å². The zero-order valence-electron chi connectivity index (χ0n) is 19.4. The molecule has 0 aliphatic rings. The fourth-order valence-corrected chi connectivity index (χ4v) is 4.02. The second-order valence-electron chi connectivity index (χ2n) is 8.48. The van der Waals surface area contributed by atoms with Crippen LogP contribution in [-0.2, 0) is 9.53 Å². The van der Waals surface area contributed by atoms with Crippen LogP contribution < -0.4 is 0 Å². The van der Waals surface area contributed by atoms with Gasteiger partial charge in [-0.25, -0.2) is 0 Å². The summed E-state index contributed by atoms with van der Waals surface area (Å²) in [5, 5.41) is 0. The van der Waals surface area contributed by atoms with Crippen LogP contribution in [-0.4, -0.2) is 18.4 Å². The lowest BCUT2D eigenvalue weighted by Gasteiger charge is -2.18. The summed E-state index contributed by atoms with van der Waals surface area (Å²) in [5.41, 5.74) is 3.73. The van der Waals surface area contributed by atoms with Crippen molar-refractivity contribution in [1.29, 1.82) is 0 Å². The Kier molecular flexibility index (Phi) is 12.6. The summed E-state index contributed by atoms with van der Waals surface area (Å²) < 4.78 is 5.53. The van der Waals surface area contributed by atoms with Crippen LogP contribution in [0.15, 0.2) is 12.1 Å². The highest BCUT2D eigenvalue weighted by Crippen LogP contribution is 2.24. The third-order valence-corrected chi connectivity index (χ3v) is 5.61. The first-order valence-electron chi connectivity index (χ1n) is 11.7. The average Bonchev–Trinajstić information content (AvgIpc) is 2.66. The summed E-state index contributed by atoms with van der Waals surface area (Å²) >= 11 is 0. The van der Waals surface area contributed by atoms with Crippen molar-refractivity contribution in [3.63, 3.8) is 0 Å². The molecule has 1 aromatic rings. The molecule has 1 atom stereocenters. The summed E-state index contributed by atoms with van der Waals surface area (Å²) in [6.45, 7) is 10.7. The molecule has 0 aromatic heterocycles. The summed E-state index contributed by atoms with van der Waals surface area (Å²) in [7, 11) is 0. The summed E-state index contributed by atoms with van der Waals surface area (Å²) in [5.74, 6) is -1.09. The van der Waals surface area contributed by atoms with Crippen molar-refractivity contribution in [1.82, 2.24) is 0 Å². The van der Waals surface area contributed by atoms with Crippen LogP contribution in [0.5, 0.6) is 0 Å². The number of aryl methyl sites for hydroxylation is 3. The quantitative estimate of drug-likeness (QED) is 0.134. The van der Waals surface area contributed by atoms with Crippen LogP contribution >= 0.6 is 0 Å². The number of ether oxygens (including phenoxy) is 1. The number of unbranched alkanes of at least 4 members (excludes halogenated alkanes) is 8. The Labute approximate surface area is 178 Å². The monoisotopic (exact) mass is 402 g/mol. The van der Waals surface area contributed by atoms with Gasteiger partial charge < -0.3 is 4.74 Å². The minimum absolute atomic E-state index is 0.0747. The third-order valence-electron chi connectivity index (χ3n) is 5.61. The van der Waals surface area contributed by atoms with E-state index in [1.54, 1.807) is 0 Å². The molecule has 164 valence electrons. The minimum atomic E-state index is -0.677. The van der Waals surface area contributed by atoms with Gasteiger partial charge in [-0.15, -0.1) is 0 Å². The van der Waals surface area contributed by atoms with Crippen molar-refractivity contribution < 1.29 is 14.3 Å². The second-order valence-corrected chi connectivity index (χ2v) is 8.48. The summed E-state index contributed by atoms with van der Waals surface area (Å²) in [4.78, 5) is 25.9. The molecule has 0 radical (unpaired) electrons. The van der Waals surface area contributed by atoms with Gasteiger partial charge in [-0.3, -0.25) is 9.59 Å². The van der Waals surface area contributed by atoms with Crippen LogP contribution in [0.4, 0.5) is 0 Å². The maximum absolute atomic E-state index is 13.2. The van der Waals surface area contributed by atoms with Gasteiger partial charge in [-0.1, -0.05) is 89.3 Å². The highest BCUT2D eigenvalue weighted by molar-refractivity contribution is 6.10. The number of hydrogen-bond donors (Lipinski definition) is 0. The molecule has 29 heavy (non-hydrogen) atoms. The molecule has 3 heteroatoms. The van der Waals surface area contributed by atoms with Crippen molar-refractivity contribution >= 4 is 11.8 Å². The molecule has 0 spiro atoms. The number of esters is 1. The number of carbonyl (C=O) groups is 2. The summed E-state index contributed by atoms with van der Waals surface area (Å²) in [6.07, 6.45) is 12.0. The Bertz CT molecular complexity index is 610. The SMILES string of the molecule is CCCCCCCCCCOC(=O)C(CCCC)C(=O)c1c(C)cc(C)cc1C. The third kappa shape index (κ3) is 9.14. The molecule has 1 rings (SSSR count). The molecule has 0 saturated heterocycles. The van der Waals surface area contributed by atoms with Gasteiger partial charge in [0.1, 0.15) is 5.92 Å². The Morgan fingerprint density at radius 3 is 1.86 bits per heavy atom. The maximum Gasteiger partial charge on any atom is 0.316 e. The average molecular weight is 403 g/mol. The van der Waals surface area contributed by atoms with Crippen molar-refractivity contribution in [2.45, 2.75) is 105 Å². The molecule has 0 N–H and O–H groups in total. The highest BCUT2D eigenvalue weighted by atomic mass is 16.5. The minimum Gasteiger partial charge on any atom is -0.465 e. The molecular weight excluding hydrogens is 360 g/mol. The van der Waals surface area contributed by atoms with Gasteiger partial charge in [0, 0.05) is 5.56 Å². The molecule has 0 aliphatic carbocycles. The lowest BCUT2D eigenvalue weighted by atomic mass is 9.87. The van der Waals surface area contributed by atoms with Crippen molar-refractivity contribution in [2.75, 3.05) is 6.61 Å². The molecule has 1 unspecified atom stereocenters. The number of Topliss-reactive ketones (excluding diaryl/α,β-unsaturated/α-hetero) is 1. The number of ketones is 1. The Hall–Kier alpha value is -1.64. The Morgan fingerprint density at radius 1 is 0.793 bits per heavy atom. The molecule has 0 heterocycles. The Morgan fingerprint density at radius 2 is 1.31 bits per heavy atom. The van der Waals surface area contributed by atoms with E-state index in [0.29, 0.717) is 18.6 Å². The van der Waals surface area contributed by atoms with Crippen LogP contribution in [0.2, 0.25) is 0 Å². The van der Waals surface area contributed by atoms with E-state index < -0.39 is 5.92 Å². The first kappa shape index (κ1) is 25.4. The number of carbonyl (C=O) groups excluding carboxylic acids is 2. The fraction of sp³-hybridized carbons (Fsp3) is 0.692. The lowest BCUT2D eigenvalue weighted by molar-refractivity contribution is -0.147. The molecule has 0 amide bonds. The second kappa shape index (κ2) is 14.4. The lowest BCUT2D eigenvalue weighted by Crippen LogP contribution is -2.28. The van der Waals surface area contributed by atoms with Crippen molar-refractivity contribution in [2.24, 2.45) is 5.92 Å². The number of benzene rings is 1. The number of rotatable bonds is 15. The van der Waals surface area contributed by atoms with E-state index in [-0.39, 0.29) is 11.8 Å². The van der Waals surface area contributed by atoms with Gasteiger partial charge >= 0.3 is 5.97 Å². The van der Waals surface area contributed by atoms with Gasteiger partial charge in [-0.05, 0) is 44.7 Å². The predicted octanol–water partition coefficient (Wildman–Crippen LogP) is 7.28. The predicted molar refractivity (Wildman–Crippen MR) is 122 cm³/mol. The molecule has 3 nitrogen and oxygen atoms in total. The molecule has 0 bridgehead atoms. The van der Waals surface area contributed by atoms with Crippen LogP contribution in [0.1, 0.15) is 112 Å².